The van der Waals surface area contributed by atoms with E-state index in [1.807, 2.05) is 20.0 Å². The van der Waals surface area contributed by atoms with Crippen LogP contribution in [0.1, 0.15) is 12.5 Å². The van der Waals surface area contributed by atoms with Gasteiger partial charge in [0.25, 0.3) is 0 Å². The maximum atomic E-state index is 11.3. The average molecular weight is 287 g/mol. The molecule has 0 saturated carbocycles. The van der Waals surface area contributed by atoms with Crippen LogP contribution in [0.5, 0.6) is 0 Å². The monoisotopic (exact) mass is 286 g/mol. The summed E-state index contributed by atoms with van der Waals surface area (Å²) in [5.41, 5.74) is 1.08. The molecule has 0 N–H and O–H groups in total. The third kappa shape index (κ3) is 3.20. The fourth-order valence-electron chi connectivity index (χ4n) is 1.27. The predicted octanol–water partition coefficient (Wildman–Crippen LogP) is 2.15. The molecule has 0 radical (unpaired) electrons. The molecule has 4 nitrogen and oxygen atoms in total. The highest BCUT2D eigenvalue weighted by molar-refractivity contribution is 9.10. The number of esters is 1. The van der Waals surface area contributed by atoms with Crippen molar-refractivity contribution >= 4 is 27.7 Å². The summed E-state index contributed by atoms with van der Waals surface area (Å²) in [5, 5.41) is 0. The van der Waals surface area contributed by atoms with Crippen molar-refractivity contribution < 1.29 is 9.53 Å². The Kier molecular flexibility index (Phi) is 4.73. The van der Waals surface area contributed by atoms with Gasteiger partial charge in [0, 0.05) is 13.2 Å². The summed E-state index contributed by atoms with van der Waals surface area (Å²) in [4.78, 5) is 17.3. The number of aryl methyl sites for hydroxylation is 1. The third-order valence-corrected chi connectivity index (χ3v) is 3.08. The standard InChI is InChI=1S/C11H15BrN2O2/c1-4-16-9(15)7-14(3)11-10(12)8(2)5-6-13-11/h5-6H,4,7H2,1-3H3. The van der Waals surface area contributed by atoms with Crippen molar-refractivity contribution in [1.29, 1.82) is 0 Å². The zero-order valence-electron chi connectivity index (χ0n) is 9.66. The van der Waals surface area contributed by atoms with Crippen LogP contribution in [0.4, 0.5) is 5.82 Å². The van der Waals surface area contributed by atoms with Crippen LogP contribution < -0.4 is 4.90 Å². The summed E-state index contributed by atoms with van der Waals surface area (Å²) in [5.74, 6) is 0.494. The number of likely N-dealkylation sites (N-methyl/N-ethyl adjacent to an activating group) is 1. The molecule has 0 aliphatic rings. The number of hydrogen-bond acceptors (Lipinski definition) is 4. The van der Waals surface area contributed by atoms with Gasteiger partial charge in [-0.25, -0.2) is 4.98 Å². The van der Waals surface area contributed by atoms with E-state index in [1.165, 1.54) is 0 Å². The van der Waals surface area contributed by atoms with Gasteiger partial charge in [-0.1, -0.05) is 0 Å². The van der Waals surface area contributed by atoms with Crippen LogP contribution in [-0.4, -0.2) is 31.2 Å². The van der Waals surface area contributed by atoms with Gasteiger partial charge in [-0.05, 0) is 41.4 Å². The Hall–Kier alpha value is -1.10. The molecule has 0 fully saturated rings. The lowest BCUT2D eigenvalue weighted by Gasteiger charge is -2.18. The lowest BCUT2D eigenvalue weighted by molar-refractivity contribution is -0.141. The Balaban J connectivity index is 2.76. The second kappa shape index (κ2) is 5.84. The Labute approximate surface area is 104 Å². The number of anilines is 1. The molecule has 1 aromatic rings. The maximum absolute atomic E-state index is 11.3. The van der Waals surface area contributed by atoms with Crippen LogP contribution >= 0.6 is 15.9 Å². The molecule has 1 rings (SSSR count). The van der Waals surface area contributed by atoms with Crippen molar-refractivity contribution in [1.82, 2.24) is 4.98 Å². The third-order valence-electron chi connectivity index (χ3n) is 2.10. The number of ether oxygens (including phenoxy) is 1. The van der Waals surface area contributed by atoms with Gasteiger partial charge in [0.2, 0.25) is 0 Å². The molecule has 16 heavy (non-hydrogen) atoms. The van der Waals surface area contributed by atoms with E-state index in [0.29, 0.717) is 6.61 Å². The minimum absolute atomic E-state index is 0.197. The number of rotatable bonds is 4. The zero-order chi connectivity index (χ0) is 12.1. The quantitative estimate of drug-likeness (QED) is 0.796. The Bertz CT molecular complexity index is 382. The molecule has 0 amide bonds. The van der Waals surface area contributed by atoms with Crippen molar-refractivity contribution in [2.45, 2.75) is 13.8 Å². The highest BCUT2D eigenvalue weighted by Crippen LogP contribution is 2.25. The fraction of sp³-hybridized carbons (Fsp3) is 0.455. The molecule has 0 unspecified atom stereocenters. The lowest BCUT2D eigenvalue weighted by atomic mass is 10.3. The number of aromatic nitrogens is 1. The lowest BCUT2D eigenvalue weighted by Crippen LogP contribution is -2.28. The van der Waals surface area contributed by atoms with Crippen molar-refractivity contribution in [3.63, 3.8) is 0 Å². The summed E-state index contributed by atoms with van der Waals surface area (Å²) in [6.45, 7) is 4.37. The first-order chi connectivity index (χ1) is 7.56. The van der Waals surface area contributed by atoms with E-state index in [2.05, 4.69) is 20.9 Å². The van der Waals surface area contributed by atoms with E-state index >= 15 is 0 Å². The minimum Gasteiger partial charge on any atom is -0.465 e. The molecular formula is C11H15BrN2O2. The summed E-state index contributed by atoms with van der Waals surface area (Å²) in [6.07, 6.45) is 1.72. The summed E-state index contributed by atoms with van der Waals surface area (Å²) >= 11 is 3.45. The fourth-order valence-corrected chi connectivity index (χ4v) is 1.80. The molecule has 5 heteroatoms. The molecule has 0 spiro atoms. The second-order valence-electron chi connectivity index (χ2n) is 3.43. The van der Waals surface area contributed by atoms with E-state index in [1.54, 1.807) is 18.0 Å². The van der Waals surface area contributed by atoms with Crippen molar-refractivity contribution in [2.24, 2.45) is 0 Å². The van der Waals surface area contributed by atoms with Gasteiger partial charge < -0.3 is 9.64 Å². The van der Waals surface area contributed by atoms with Gasteiger partial charge in [0.05, 0.1) is 11.1 Å². The highest BCUT2D eigenvalue weighted by atomic mass is 79.9. The Morgan fingerprint density at radius 3 is 2.94 bits per heavy atom. The number of nitrogens with zero attached hydrogens (tertiary/aromatic N) is 2. The summed E-state index contributed by atoms with van der Waals surface area (Å²) in [6, 6.07) is 1.91. The summed E-state index contributed by atoms with van der Waals surface area (Å²) in [7, 11) is 1.81. The second-order valence-corrected chi connectivity index (χ2v) is 4.22. The van der Waals surface area contributed by atoms with E-state index < -0.39 is 0 Å². The van der Waals surface area contributed by atoms with E-state index in [0.717, 1.165) is 15.9 Å². The van der Waals surface area contributed by atoms with Crippen molar-refractivity contribution in [2.75, 3.05) is 25.1 Å². The average Bonchev–Trinajstić information content (AvgIpc) is 2.22. The SMILES string of the molecule is CCOC(=O)CN(C)c1nccc(C)c1Br. The first kappa shape index (κ1) is 13.0. The van der Waals surface area contributed by atoms with Gasteiger partial charge in [0.15, 0.2) is 0 Å². The van der Waals surface area contributed by atoms with Crippen LogP contribution in [0.3, 0.4) is 0 Å². The van der Waals surface area contributed by atoms with Crippen molar-refractivity contribution in [3.8, 4) is 0 Å². The van der Waals surface area contributed by atoms with Crippen LogP contribution in [0.15, 0.2) is 16.7 Å². The molecular weight excluding hydrogens is 272 g/mol. The summed E-state index contributed by atoms with van der Waals surface area (Å²) < 4.78 is 5.78. The topological polar surface area (TPSA) is 42.4 Å². The predicted molar refractivity (Wildman–Crippen MR) is 66.6 cm³/mol. The molecule has 0 aliphatic carbocycles. The van der Waals surface area contributed by atoms with Gasteiger partial charge in [-0.3, -0.25) is 4.79 Å². The van der Waals surface area contributed by atoms with E-state index in [-0.39, 0.29) is 12.5 Å². The molecule has 88 valence electrons. The largest absolute Gasteiger partial charge is 0.465 e. The minimum atomic E-state index is -0.250. The van der Waals surface area contributed by atoms with E-state index in [9.17, 15) is 4.79 Å². The Morgan fingerprint density at radius 1 is 1.62 bits per heavy atom. The van der Waals surface area contributed by atoms with E-state index in [4.69, 9.17) is 4.74 Å². The highest BCUT2D eigenvalue weighted by Gasteiger charge is 2.12. The van der Waals surface area contributed by atoms with Crippen LogP contribution in [0, 0.1) is 6.92 Å². The molecule has 0 aromatic carbocycles. The first-order valence-electron chi connectivity index (χ1n) is 5.04. The molecule has 0 aliphatic heterocycles. The van der Waals surface area contributed by atoms with Crippen LogP contribution in [0.2, 0.25) is 0 Å². The normalized spacial score (nSPS) is 10.0. The van der Waals surface area contributed by atoms with Gasteiger partial charge in [-0.2, -0.15) is 0 Å². The molecule has 0 atom stereocenters. The molecule has 0 saturated heterocycles. The first-order valence-corrected chi connectivity index (χ1v) is 5.83. The van der Waals surface area contributed by atoms with Crippen molar-refractivity contribution in [3.05, 3.63) is 22.3 Å². The molecule has 0 bridgehead atoms. The number of carbonyl (C=O) groups is 1. The smallest absolute Gasteiger partial charge is 0.325 e. The van der Waals surface area contributed by atoms with Crippen LogP contribution in [-0.2, 0) is 9.53 Å². The number of pyridine rings is 1. The number of halogens is 1. The van der Waals surface area contributed by atoms with Gasteiger partial charge in [-0.15, -0.1) is 0 Å². The van der Waals surface area contributed by atoms with Crippen LogP contribution in [0.25, 0.3) is 0 Å². The number of carbonyl (C=O) groups excluding carboxylic acids is 1. The van der Waals surface area contributed by atoms with Gasteiger partial charge in [0.1, 0.15) is 12.4 Å². The molecule has 1 heterocycles. The number of hydrogen-bond donors (Lipinski definition) is 0. The Morgan fingerprint density at radius 2 is 2.31 bits per heavy atom. The van der Waals surface area contributed by atoms with Gasteiger partial charge >= 0.3 is 5.97 Å². The molecule has 1 aromatic heterocycles. The maximum Gasteiger partial charge on any atom is 0.325 e. The zero-order valence-corrected chi connectivity index (χ0v) is 11.2.